The van der Waals surface area contributed by atoms with E-state index >= 15 is 0 Å². The van der Waals surface area contributed by atoms with Crippen LogP contribution in [0.15, 0.2) is 16.8 Å². The molecule has 22 heavy (non-hydrogen) atoms. The fourth-order valence-electron chi connectivity index (χ4n) is 2.67. The highest BCUT2D eigenvalue weighted by Gasteiger charge is 2.20. The molecule has 1 saturated heterocycles. The summed E-state index contributed by atoms with van der Waals surface area (Å²) in [7, 11) is 0. The van der Waals surface area contributed by atoms with Gasteiger partial charge in [-0.15, -0.1) is 0 Å². The number of urea groups is 1. The molecule has 1 fully saturated rings. The highest BCUT2D eigenvalue weighted by Crippen LogP contribution is 2.17. The van der Waals surface area contributed by atoms with Crippen molar-refractivity contribution in [1.82, 2.24) is 15.5 Å². The van der Waals surface area contributed by atoms with Crippen molar-refractivity contribution in [2.75, 3.05) is 26.2 Å². The molecule has 0 saturated carbocycles. The molecule has 1 aromatic rings. The second-order valence-corrected chi connectivity index (χ2v) is 7.01. The van der Waals surface area contributed by atoms with Gasteiger partial charge in [0, 0.05) is 19.1 Å². The van der Waals surface area contributed by atoms with Gasteiger partial charge in [-0.05, 0) is 61.2 Å². The third-order valence-electron chi connectivity index (χ3n) is 4.38. The standard InChI is InChI=1S/C16H27N3O2S/c1-12-3-6-19(7-4-12)13(2)9-17-16(21)18-10-15(20)14-5-8-22-11-14/h5,8,11-13,15,20H,3-4,6-7,9-10H2,1-2H3,(H2,17,18,21). The highest BCUT2D eigenvalue weighted by atomic mass is 32.1. The molecule has 2 rings (SSSR count). The first-order valence-electron chi connectivity index (χ1n) is 8.02. The van der Waals surface area contributed by atoms with Crippen molar-refractivity contribution in [1.29, 1.82) is 0 Å². The third-order valence-corrected chi connectivity index (χ3v) is 5.08. The second-order valence-electron chi connectivity index (χ2n) is 6.23. The van der Waals surface area contributed by atoms with Crippen LogP contribution in [0.1, 0.15) is 38.4 Å². The Morgan fingerprint density at radius 1 is 1.41 bits per heavy atom. The van der Waals surface area contributed by atoms with Crippen LogP contribution in [-0.4, -0.2) is 48.3 Å². The van der Waals surface area contributed by atoms with Gasteiger partial charge in [0.1, 0.15) is 0 Å². The number of nitrogens with zero attached hydrogens (tertiary/aromatic N) is 1. The molecule has 124 valence electrons. The molecule has 2 unspecified atom stereocenters. The maximum Gasteiger partial charge on any atom is 0.314 e. The molecule has 1 aromatic heterocycles. The number of carbonyl (C=O) groups is 1. The Morgan fingerprint density at radius 2 is 2.09 bits per heavy atom. The molecule has 5 nitrogen and oxygen atoms in total. The molecule has 2 atom stereocenters. The summed E-state index contributed by atoms with van der Waals surface area (Å²) in [4.78, 5) is 14.2. The predicted octanol–water partition coefficient (Wildman–Crippen LogP) is 2.20. The number of rotatable bonds is 6. The first-order valence-corrected chi connectivity index (χ1v) is 8.96. The Morgan fingerprint density at radius 3 is 2.73 bits per heavy atom. The van der Waals surface area contributed by atoms with E-state index in [0.717, 1.165) is 24.6 Å². The van der Waals surface area contributed by atoms with Gasteiger partial charge in [-0.25, -0.2) is 4.79 Å². The summed E-state index contributed by atoms with van der Waals surface area (Å²) in [5.74, 6) is 0.818. The number of hydrogen-bond donors (Lipinski definition) is 3. The number of aliphatic hydroxyl groups is 1. The number of hydrogen-bond acceptors (Lipinski definition) is 4. The topological polar surface area (TPSA) is 64.6 Å². The van der Waals surface area contributed by atoms with Crippen LogP contribution in [-0.2, 0) is 0 Å². The molecule has 1 aliphatic heterocycles. The number of aliphatic hydroxyl groups excluding tert-OH is 1. The van der Waals surface area contributed by atoms with Crippen molar-refractivity contribution in [3.8, 4) is 0 Å². The minimum Gasteiger partial charge on any atom is -0.387 e. The van der Waals surface area contributed by atoms with Gasteiger partial charge < -0.3 is 15.7 Å². The molecular formula is C16H27N3O2S. The van der Waals surface area contributed by atoms with E-state index in [2.05, 4.69) is 29.4 Å². The molecule has 0 spiro atoms. The molecular weight excluding hydrogens is 298 g/mol. The van der Waals surface area contributed by atoms with Gasteiger partial charge in [0.05, 0.1) is 6.10 Å². The number of piperidine rings is 1. The third kappa shape index (κ3) is 5.26. The van der Waals surface area contributed by atoms with Crippen LogP contribution < -0.4 is 10.6 Å². The van der Waals surface area contributed by atoms with E-state index in [0.29, 0.717) is 12.6 Å². The fourth-order valence-corrected chi connectivity index (χ4v) is 3.38. The fraction of sp³-hybridized carbons (Fsp3) is 0.688. The lowest BCUT2D eigenvalue weighted by molar-refractivity contribution is 0.144. The van der Waals surface area contributed by atoms with Crippen molar-refractivity contribution in [3.63, 3.8) is 0 Å². The van der Waals surface area contributed by atoms with Crippen molar-refractivity contribution in [2.24, 2.45) is 5.92 Å². The van der Waals surface area contributed by atoms with Crippen LogP contribution in [0.5, 0.6) is 0 Å². The Bertz CT molecular complexity index is 444. The highest BCUT2D eigenvalue weighted by molar-refractivity contribution is 7.07. The van der Waals surface area contributed by atoms with Gasteiger partial charge in [-0.2, -0.15) is 11.3 Å². The zero-order valence-electron chi connectivity index (χ0n) is 13.4. The monoisotopic (exact) mass is 325 g/mol. The SMILES string of the molecule is CC1CCN(C(C)CNC(=O)NCC(O)c2ccsc2)CC1. The van der Waals surface area contributed by atoms with Crippen molar-refractivity contribution >= 4 is 17.4 Å². The van der Waals surface area contributed by atoms with Gasteiger partial charge >= 0.3 is 6.03 Å². The minimum absolute atomic E-state index is 0.216. The number of likely N-dealkylation sites (tertiary alicyclic amines) is 1. The minimum atomic E-state index is -0.641. The second kappa shape index (κ2) is 8.50. The molecule has 0 aliphatic carbocycles. The summed E-state index contributed by atoms with van der Waals surface area (Å²) in [5, 5.41) is 19.3. The van der Waals surface area contributed by atoms with Gasteiger partial charge in [-0.3, -0.25) is 4.90 Å². The number of nitrogens with one attached hydrogen (secondary N) is 2. The lowest BCUT2D eigenvalue weighted by atomic mass is 9.98. The van der Waals surface area contributed by atoms with E-state index in [1.165, 1.54) is 24.2 Å². The quantitative estimate of drug-likeness (QED) is 0.751. The largest absolute Gasteiger partial charge is 0.387 e. The Kier molecular flexibility index (Phi) is 6.67. The number of amides is 2. The number of carbonyl (C=O) groups excluding carboxylic acids is 1. The predicted molar refractivity (Wildman–Crippen MR) is 90.1 cm³/mol. The number of thiophene rings is 1. The first-order chi connectivity index (χ1) is 10.6. The average Bonchev–Trinajstić information content (AvgIpc) is 3.05. The smallest absolute Gasteiger partial charge is 0.314 e. The van der Waals surface area contributed by atoms with E-state index in [1.807, 2.05) is 16.8 Å². The average molecular weight is 325 g/mol. The summed E-state index contributed by atoms with van der Waals surface area (Å²) >= 11 is 1.54. The van der Waals surface area contributed by atoms with Crippen LogP contribution in [0.3, 0.4) is 0 Å². The Balaban J connectivity index is 1.63. The lowest BCUT2D eigenvalue weighted by Crippen LogP contribution is -2.47. The van der Waals surface area contributed by atoms with Crippen LogP contribution in [0.25, 0.3) is 0 Å². The zero-order valence-corrected chi connectivity index (χ0v) is 14.2. The molecule has 0 radical (unpaired) electrons. The zero-order chi connectivity index (χ0) is 15.9. The first kappa shape index (κ1) is 17.2. The van der Waals surface area contributed by atoms with Gasteiger partial charge in [0.15, 0.2) is 0 Å². The van der Waals surface area contributed by atoms with Gasteiger partial charge in [-0.1, -0.05) is 6.92 Å². The summed E-state index contributed by atoms with van der Waals surface area (Å²) < 4.78 is 0. The molecule has 0 bridgehead atoms. The van der Waals surface area contributed by atoms with E-state index in [-0.39, 0.29) is 12.6 Å². The summed E-state index contributed by atoms with van der Waals surface area (Å²) in [6, 6.07) is 2.00. The van der Waals surface area contributed by atoms with Crippen molar-refractivity contribution < 1.29 is 9.90 Å². The van der Waals surface area contributed by atoms with Crippen LogP contribution in [0, 0.1) is 5.92 Å². The molecule has 2 heterocycles. The maximum absolute atomic E-state index is 11.8. The lowest BCUT2D eigenvalue weighted by Gasteiger charge is -2.35. The summed E-state index contributed by atoms with van der Waals surface area (Å²) in [5.41, 5.74) is 0.848. The van der Waals surface area contributed by atoms with Crippen LogP contribution in [0.2, 0.25) is 0 Å². The molecule has 3 N–H and O–H groups in total. The van der Waals surface area contributed by atoms with E-state index in [1.54, 1.807) is 0 Å². The molecule has 2 amide bonds. The maximum atomic E-state index is 11.8. The van der Waals surface area contributed by atoms with Crippen LogP contribution in [0.4, 0.5) is 4.79 Å². The molecule has 0 aromatic carbocycles. The van der Waals surface area contributed by atoms with Crippen LogP contribution >= 0.6 is 11.3 Å². The van der Waals surface area contributed by atoms with E-state index in [4.69, 9.17) is 0 Å². The molecule has 1 aliphatic rings. The Hall–Kier alpha value is -1.11. The van der Waals surface area contributed by atoms with Crippen molar-refractivity contribution in [2.45, 2.75) is 38.8 Å². The molecule has 6 heteroatoms. The van der Waals surface area contributed by atoms with E-state index in [9.17, 15) is 9.90 Å². The van der Waals surface area contributed by atoms with Crippen molar-refractivity contribution in [3.05, 3.63) is 22.4 Å². The Labute approximate surface area is 136 Å². The van der Waals surface area contributed by atoms with E-state index < -0.39 is 6.10 Å². The summed E-state index contributed by atoms with van der Waals surface area (Å²) in [6.07, 6.45) is 1.84. The van der Waals surface area contributed by atoms with Gasteiger partial charge in [0.25, 0.3) is 0 Å². The normalized spacial score (nSPS) is 19.6. The van der Waals surface area contributed by atoms with Gasteiger partial charge in [0.2, 0.25) is 0 Å². The summed E-state index contributed by atoms with van der Waals surface area (Å²) in [6.45, 7) is 7.54.